The van der Waals surface area contributed by atoms with Gasteiger partial charge in [0.15, 0.2) is 0 Å². The summed E-state index contributed by atoms with van der Waals surface area (Å²) in [6, 6.07) is 44.9. The molecular formula is C48H49Cl2SiZr. The zero-order chi connectivity index (χ0) is 36.4. The predicted molar refractivity (Wildman–Crippen MR) is 230 cm³/mol. The molecule has 2 aliphatic rings. The number of halogens is 2. The van der Waals surface area contributed by atoms with E-state index in [2.05, 4.69) is 174 Å². The number of hydrogen-bond acceptors (Lipinski definition) is 0. The molecule has 2 unspecified atom stereocenters. The second kappa shape index (κ2) is 13.7. The summed E-state index contributed by atoms with van der Waals surface area (Å²) < 4.78 is 0.132. The van der Waals surface area contributed by atoms with Crippen molar-refractivity contribution in [3.8, 4) is 22.3 Å². The quantitative estimate of drug-likeness (QED) is 0.128. The second-order valence-corrected chi connectivity index (χ2v) is 59.1. The molecule has 0 saturated heterocycles. The Hall–Kier alpha value is -3.00. The maximum absolute atomic E-state index is 8.90. The van der Waals surface area contributed by atoms with E-state index in [9.17, 15) is 0 Å². The molecule has 0 N–H and O–H groups in total. The van der Waals surface area contributed by atoms with Gasteiger partial charge in [-0.25, -0.2) is 0 Å². The van der Waals surface area contributed by atoms with Crippen molar-refractivity contribution in [1.29, 1.82) is 0 Å². The molecule has 0 bridgehead atoms. The van der Waals surface area contributed by atoms with E-state index >= 15 is 0 Å². The van der Waals surface area contributed by atoms with Crippen LogP contribution in [0.5, 0.6) is 0 Å². The summed E-state index contributed by atoms with van der Waals surface area (Å²) in [6.07, 6.45) is 7.05. The topological polar surface area (TPSA) is 0 Å². The zero-order valence-corrected chi connectivity index (χ0v) is 36.4. The second-order valence-electron chi connectivity index (χ2n) is 16.6. The van der Waals surface area contributed by atoms with Gasteiger partial charge in [-0.1, -0.05) is 0 Å². The molecule has 0 aromatic heterocycles. The molecule has 8 rings (SSSR count). The molecule has 0 fully saturated rings. The van der Waals surface area contributed by atoms with E-state index in [1.165, 1.54) is 77.2 Å². The molecule has 263 valence electrons. The van der Waals surface area contributed by atoms with Crippen LogP contribution in [0.2, 0.25) is 13.1 Å². The van der Waals surface area contributed by atoms with Crippen molar-refractivity contribution in [2.75, 3.05) is 0 Å². The molecule has 6 aromatic rings. The minimum atomic E-state index is -4.98. The van der Waals surface area contributed by atoms with Crippen LogP contribution in [-0.2, 0) is 15.6 Å². The standard InChI is InChI=1S/2C23H21.C2H7Si.2ClH.Zr/c2*1-16(2)13-17-14-19-9-6-12-22(23(19)15-17)21-11-5-8-18-7-3-4-10-20(18)21;1-3-2;;;/h2*3-12,14-16H,13H2,1-2H3;3H,1-2H3;2*1H;/q;;;;;+2/p-2. The third kappa shape index (κ3) is 5.80. The molecule has 2 atom stereocenters. The van der Waals surface area contributed by atoms with Gasteiger partial charge in [0, 0.05) is 0 Å². The van der Waals surface area contributed by atoms with E-state index in [4.69, 9.17) is 17.0 Å². The predicted octanol–water partition coefficient (Wildman–Crippen LogP) is 15.0. The van der Waals surface area contributed by atoms with Crippen LogP contribution in [0.4, 0.5) is 0 Å². The molecule has 0 heterocycles. The summed E-state index contributed by atoms with van der Waals surface area (Å²) in [6.45, 7) is 14.3. The monoisotopic (exact) mass is 813 g/mol. The summed E-state index contributed by atoms with van der Waals surface area (Å²) >= 11 is -4.98. The van der Waals surface area contributed by atoms with Gasteiger partial charge >= 0.3 is 322 Å². The zero-order valence-electron chi connectivity index (χ0n) is 31.3. The van der Waals surface area contributed by atoms with Gasteiger partial charge in [-0.3, -0.25) is 0 Å². The molecule has 0 spiro atoms. The van der Waals surface area contributed by atoms with E-state index in [-0.39, 0.29) is 7.25 Å². The molecule has 0 amide bonds. The van der Waals surface area contributed by atoms with Crippen LogP contribution in [0.3, 0.4) is 0 Å². The molecule has 52 heavy (non-hydrogen) atoms. The Morgan fingerprint density at radius 3 is 1.27 bits per heavy atom. The van der Waals surface area contributed by atoms with Crippen molar-refractivity contribution in [1.82, 2.24) is 0 Å². The number of rotatable bonds is 9. The molecule has 0 nitrogen and oxygen atoms in total. The Morgan fingerprint density at radius 1 is 0.500 bits per heavy atom. The molecule has 0 saturated carbocycles. The summed E-state index contributed by atoms with van der Waals surface area (Å²) in [5, 5.41) is 5.10. The first-order valence-corrected chi connectivity index (χ1v) is 35.5. The number of benzene rings is 6. The molecule has 2 aliphatic carbocycles. The van der Waals surface area contributed by atoms with E-state index in [0.29, 0.717) is 11.8 Å². The molecule has 0 radical (unpaired) electrons. The van der Waals surface area contributed by atoms with Gasteiger partial charge in [-0.05, 0) is 0 Å². The Labute approximate surface area is 319 Å². The van der Waals surface area contributed by atoms with Crippen molar-refractivity contribution in [2.45, 2.75) is 60.9 Å². The fraction of sp³-hybridized carbons (Fsp3) is 0.250. The number of hydrogen-bond donors (Lipinski definition) is 0. The van der Waals surface area contributed by atoms with Crippen LogP contribution in [0, 0.1) is 11.8 Å². The molecule has 0 aliphatic heterocycles. The van der Waals surface area contributed by atoms with Crippen molar-refractivity contribution >= 4 is 56.6 Å². The fourth-order valence-corrected chi connectivity index (χ4v) is 41.1. The van der Waals surface area contributed by atoms with Crippen LogP contribution in [0.25, 0.3) is 56.0 Å². The number of fused-ring (bicyclic) bond motifs is 4. The Morgan fingerprint density at radius 2 is 0.865 bits per heavy atom. The van der Waals surface area contributed by atoms with E-state index in [1.807, 2.05) is 0 Å². The van der Waals surface area contributed by atoms with E-state index in [0.717, 1.165) is 12.8 Å². The van der Waals surface area contributed by atoms with Gasteiger partial charge < -0.3 is 0 Å². The maximum atomic E-state index is 8.90. The van der Waals surface area contributed by atoms with Gasteiger partial charge in [0.2, 0.25) is 0 Å². The normalized spacial score (nSPS) is 17.8. The van der Waals surface area contributed by atoms with Crippen molar-refractivity contribution in [2.24, 2.45) is 11.8 Å². The van der Waals surface area contributed by atoms with Gasteiger partial charge in [-0.2, -0.15) is 0 Å². The Balaban J connectivity index is 1.38. The van der Waals surface area contributed by atoms with Gasteiger partial charge in [-0.15, -0.1) is 0 Å². The van der Waals surface area contributed by atoms with Crippen LogP contribution in [0.15, 0.2) is 132 Å². The van der Waals surface area contributed by atoms with E-state index in [1.54, 1.807) is 0 Å². The van der Waals surface area contributed by atoms with Crippen molar-refractivity contribution in [3.05, 3.63) is 155 Å². The first-order valence-electron chi connectivity index (χ1n) is 19.2. The SMILES string of the molecule is CC(C)CC1=Cc2c(-c3cccc4ccccc34)cccc2[CH]1[Zr]([Cl])([Cl])([CH]1C(CC(C)C)=Cc2c(-c3cccc4ccccc34)cccc21)[SiH](C)C. The van der Waals surface area contributed by atoms with Crippen molar-refractivity contribution in [3.63, 3.8) is 0 Å². The average Bonchev–Trinajstić information content (AvgIpc) is 3.69. The average molecular weight is 816 g/mol. The molecule has 4 heteroatoms. The Kier molecular flexibility index (Phi) is 9.48. The first kappa shape index (κ1) is 36.0. The Bertz CT molecular complexity index is 2240. The molecule has 6 aromatic carbocycles. The fourth-order valence-electron chi connectivity index (χ4n) is 9.75. The number of allylic oxidation sites excluding steroid dienone is 2. The van der Waals surface area contributed by atoms with Gasteiger partial charge in [0.25, 0.3) is 0 Å². The van der Waals surface area contributed by atoms with E-state index < -0.39 is 21.5 Å². The van der Waals surface area contributed by atoms with Crippen LogP contribution in [-0.4, -0.2) is 5.92 Å². The summed E-state index contributed by atoms with van der Waals surface area (Å²) in [7, 11) is 17.8. The van der Waals surface area contributed by atoms with Crippen molar-refractivity contribution < 1.29 is 15.6 Å². The summed E-state index contributed by atoms with van der Waals surface area (Å²) in [5.41, 5.74) is 13.4. The first-order chi connectivity index (χ1) is 25.0. The summed E-state index contributed by atoms with van der Waals surface area (Å²) in [5.74, 6) is -0.727. The minimum absolute atomic E-state index is 0.0662. The van der Waals surface area contributed by atoms with Gasteiger partial charge in [0.05, 0.1) is 0 Å². The van der Waals surface area contributed by atoms with Crippen LogP contribution < -0.4 is 0 Å². The third-order valence-electron chi connectivity index (χ3n) is 12.0. The molecular weight excluding hydrogens is 767 g/mol. The van der Waals surface area contributed by atoms with Gasteiger partial charge in [0.1, 0.15) is 0 Å². The summed E-state index contributed by atoms with van der Waals surface area (Å²) in [4.78, 5) is 0. The van der Waals surface area contributed by atoms with Crippen LogP contribution in [0.1, 0.15) is 70.0 Å². The van der Waals surface area contributed by atoms with Crippen LogP contribution >= 0.6 is 17.0 Å². The third-order valence-corrected chi connectivity index (χ3v) is 63.8.